The molecule has 1 N–H and O–H groups in total. The molecule has 3 heteroatoms. The molecule has 23 heavy (non-hydrogen) atoms. The van der Waals surface area contributed by atoms with E-state index in [2.05, 4.69) is 61.3 Å². The van der Waals surface area contributed by atoms with Crippen molar-refractivity contribution < 1.29 is 4.74 Å². The van der Waals surface area contributed by atoms with Gasteiger partial charge in [0.25, 0.3) is 0 Å². The van der Waals surface area contributed by atoms with Crippen molar-refractivity contribution >= 4 is 11.4 Å². The SMILES string of the molecule is CCC1CNc2cc(C)c(C)cc2N1Cc1cccc(OC)c1. The summed E-state index contributed by atoms with van der Waals surface area (Å²) in [7, 11) is 1.72. The molecule has 0 aromatic heterocycles. The lowest BCUT2D eigenvalue weighted by atomic mass is 10.0. The molecule has 0 saturated carbocycles. The number of hydrogen-bond donors (Lipinski definition) is 1. The first kappa shape index (κ1) is 15.7. The Hall–Kier alpha value is -2.16. The number of aryl methyl sites for hydroxylation is 2. The Morgan fingerprint density at radius 1 is 1.17 bits per heavy atom. The lowest BCUT2D eigenvalue weighted by Crippen LogP contribution is -2.43. The fourth-order valence-electron chi connectivity index (χ4n) is 3.26. The molecule has 1 unspecified atom stereocenters. The van der Waals surface area contributed by atoms with Gasteiger partial charge in [-0.1, -0.05) is 19.1 Å². The number of nitrogens with zero attached hydrogens (tertiary/aromatic N) is 1. The number of nitrogens with one attached hydrogen (secondary N) is 1. The third-order valence-electron chi connectivity index (χ3n) is 4.85. The summed E-state index contributed by atoms with van der Waals surface area (Å²) in [6.45, 7) is 8.53. The van der Waals surface area contributed by atoms with E-state index in [1.165, 1.54) is 28.1 Å². The van der Waals surface area contributed by atoms with Gasteiger partial charge in [-0.05, 0) is 61.2 Å². The van der Waals surface area contributed by atoms with Gasteiger partial charge in [-0.25, -0.2) is 0 Å². The average molecular weight is 310 g/mol. The van der Waals surface area contributed by atoms with Gasteiger partial charge < -0.3 is 15.0 Å². The Morgan fingerprint density at radius 2 is 1.96 bits per heavy atom. The first-order valence-corrected chi connectivity index (χ1v) is 8.37. The lowest BCUT2D eigenvalue weighted by molar-refractivity contribution is 0.414. The Kier molecular flexibility index (Phi) is 4.46. The maximum absolute atomic E-state index is 5.37. The summed E-state index contributed by atoms with van der Waals surface area (Å²) < 4.78 is 5.37. The van der Waals surface area contributed by atoms with Gasteiger partial charge in [-0.2, -0.15) is 0 Å². The molecule has 0 spiro atoms. The molecule has 0 fully saturated rings. The van der Waals surface area contributed by atoms with Gasteiger partial charge >= 0.3 is 0 Å². The molecule has 3 rings (SSSR count). The van der Waals surface area contributed by atoms with Crippen LogP contribution in [0.4, 0.5) is 11.4 Å². The van der Waals surface area contributed by atoms with Crippen LogP contribution in [0.1, 0.15) is 30.0 Å². The van der Waals surface area contributed by atoms with Gasteiger partial charge in [0.1, 0.15) is 5.75 Å². The molecule has 1 aliphatic heterocycles. The standard InChI is InChI=1S/C20H26N2O/c1-5-17-12-21-19-9-14(2)15(3)10-20(19)22(17)13-16-7-6-8-18(11-16)23-4/h6-11,17,21H,5,12-13H2,1-4H3. The molecule has 0 amide bonds. The van der Waals surface area contributed by atoms with E-state index < -0.39 is 0 Å². The average Bonchev–Trinajstić information content (AvgIpc) is 2.57. The van der Waals surface area contributed by atoms with Crippen LogP contribution in [0.15, 0.2) is 36.4 Å². The second-order valence-electron chi connectivity index (χ2n) is 6.38. The summed E-state index contributed by atoms with van der Waals surface area (Å²) in [4.78, 5) is 2.53. The van der Waals surface area contributed by atoms with E-state index in [0.717, 1.165) is 25.3 Å². The minimum Gasteiger partial charge on any atom is -0.497 e. The molecule has 3 nitrogen and oxygen atoms in total. The fourth-order valence-corrected chi connectivity index (χ4v) is 3.26. The Morgan fingerprint density at radius 3 is 2.70 bits per heavy atom. The van der Waals surface area contributed by atoms with E-state index in [1.807, 2.05) is 6.07 Å². The molecule has 122 valence electrons. The van der Waals surface area contributed by atoms with Gasteiger partial charge in [0.2, 0.25) is 0 Å². The van der Waals surface area contributed by atoms with Crippen molar-refractivity contribution in [3.8, 4) is 5.75 Å². The van der Waals surface area contributed by atoms with E-state index >= 15 is 0 Å². The highest BCUT2D eigenvalue weighted by Gasteiger charge is 2.25. The highest BCUT2D eigenvalue weighted by Crippen LogP contribution is 2.36. The normalized spacial score (nSPS) is 16.7. The number of hydrogen-bond acceptors (Lipinski definition) is 3. The Labute approximate surface area is 139 Å². The van der Waals surface area contributed by atoms with Crippen LogP contribution in [0.5, 0.6) is 5.75 Å². The van der Waals surface area contributed by atoms with E-state index in [0.29, 0.717) is 6.04 Å². The fraction of sp³-hybridized carbons (Fsp3) is 0.400. The van der Waals surface area contributed by atoms with Crippen LogP contribution >= 0.6 is 0 Å². The van der Waals surface area contributed by atoms with Crippen LogP contribution in [-0.2, 0) is 6.54 Å². The largest absolute Gasteiger partial charge is 0.497 e. The van der Waals surface area contributed by atoms with Crippen molar-refractivity contribution in [1.29, 1.82) is 0 Å². The maximum atomic E-state index is 5.37. The summed E-state index contributed by atoms with van der Waals surface area (Å²) in [6.07, 6.45) is 1.13. The number of benzene rings is 2. The third kappa shape index (κ3) is 3.14. The number of methoxy groups -OCH3 is 1. The van der Waals surface area contributed by atoms with Crippen molar-refractivity contribution in [3.63, 3.8) is 0 Å². The smallest absolute Gasteiger partial charge is 0.119 e. The molecule has 2 aromatic carbocycles. The molecular formula is C20H26N2O. The van der Waals surface area contributed by atoms with Crippen molar-refractivity contribution in [2.75, 3.05) is 23.9 Å². The summed E-state index contributed by atoms with van der Waals surface area (Å²) >= 11 is 0. The minimum absolute atomic E-state index is 0.510. The second kappa shape index (κ2) is 6.53. The summed E-state index contributed by atoms with van der Waals surface area (Å²) in [6, 6.07) is 13.5. The van der Waals surface area contributed by atoms with Crippen molar-refractivity contribution in [2.24, 2.45) is 0 Å². The van der Waals surface area contributed by atoms with E-state index in [9.17, 15) is 0 Å². The topological polar surface area (TPSA) is 24.5 Å². The van der Waals surface area contributed by atoms with E-state index in [-0.39, 0.29) is 0 Å². The monoisotopic (exact) mass is 310 g/mol. The predicted molar refractivity (Wildman–Crippen MR) is 97.7 cm³/mol. The zero-order chi connectivity index (χ0) is 16.4. The van der Waals surface area contributed by atoms with Gasteiger partial charge in [0.15, 0.2) is 0 Å². The first-order chi connectivity index (χ1) is 11.1. The zero-order valence-electron chi connectivity index (χ0n) is 14.5. The minimum atomic E-state index is 0.510. The summed E-state index contributed by atoms with van der Waals surface area (Å²) in [5.74, 6) is 0.922. The maximum Gasteiger partial charge on any atom is 0.119 e. The predicted octanol–water partition coefficient (Wildman–Crippen LogP) is 4.52. The van der Waals surface area contributed by atoms with Crippen molar-refractivity contribution in [3.05, 3.63) is 53.1 Å². The highest BCUT2D eigenvalue weighted by atomic mass is 16.5. The molecule has 0 saturated heterocycles. The Balaban J connectivity index is 1.97. The van der Waals surface area contributed by atoms with Crippen LogP contribution < -0.4 is 15.0 Å². The van der Waals surface area contributed by atoms with Crippen LogP contribution in [0.2, 0.25) is 0 Å². The van der Waals surface area contributed by atoms with Crippen LogP contribution in [-0.4, -0.2) is 19.7 Å². The van der Waals surface area contributed by atoms with Crippen molar-refractivity contribution in [2.45, 2.75) is 39.8 Å². The third-order valence-corrected chi connectivity index (χ3v) is 4.85. The molecule has 0 radical (unpaired) electrons. The van der Waals surface area contributed by atoms with Gasteiger partial charge in [-0.15, -0.1) is 0 Å². The van der Waals surface area contributed by atoms with E-state index in [4.69, 9.17) is 4.74 Å². The molecule has 1 atom stereocenters. The number of fused-ring (bicyclic) bond motifs is 1. The molecule has 1 aliphatic rings. The zero-order valence-corrected chi connectivity index (χ0v) is 14.5. The first-order valence-electron chi connectivity index (χ1n) is 8.37. The highest BCUT2D eigenvalue weighted by molar-refractivity contribution is 5.75. The van der Waals surface area contributed by atoms with Gasteiger partial charge in [-0.3, -0.25) is 0 Å². The molecule has 1 heterocycles. The molecular weight excluding hydrogens is 284 g/mol. The second-order valence-corrected chi connectivity index (χ2v) is 6.38. The van der Waals surface area contributed by atoms with Crippen LogP contribution in [0.3, 0.4) is 0 Å². The summed E-state index contributed by atoms with van der Waals surface area (Å²) in [5.41, 5.74) is 6.54. The summed E-state index contributed by atoms with van der Waals surface area (Å²) in [5, 5.41) is 3.60. The van der Waals surface area contributed by atoms with Crippen LogP contribution in [0.25, 0.3) is 0 Å². The number of rotatable bonds is 4. The molecule has 2 aromatic rings. The van der Waals surface area contributed by atoms with Crippen LogP contribution in [0, 0.1) is 13.8 Å². The number of ether oxygens (including phenoxy) is 1. The molecule has 0 bridgehead atoms. The van der Waals surface area contributed by atoms with Crippen molar-refractivity contribution in [1.82, 2.24) is 0 Å². The molecule has 0 aliphatic carbocycles. The lowest BCUT2D eigenvalue weighted by Gasteiger charge is -2.40. The number of anilines is 2. The Bertz CT molecular complexity index is 696. The van der Waals surface area contributed by atoms with Gasteiger partial charge in [0.05, 0.1) is 18.5 Å². The van der Waals surface area contributed by atoms with E-state index in [1.54, 1.807) is 7.11 Å². The van der Waals surface area contributed by atoms with Gasteiger partial charge in [0, 0.05) is 19.1 Å². The quantitative estimate of drug-likeness (QED) is 0.898.